The molecular weight excluding hydrogens is 308 g/mol. The highest BCUT2D eigenvalue weighted by molar-refractivity contribution is 9.10. The maximum absolute atomic E-state index is 6.06. The van der Waals surface area contributed by atoms with Crippen LogP contribution in [0.25, 0.3) is 0 Å². The average Bonchev–Trinajstić information content (AvgIpc) is 2.75. The Kier molecular flexibility index (Phi) is 4.75. The second-order valence-corrected chi connectivity index (χ2v) is 7.48. The number of hydrogen-bond acceptors (Lipinski definition) is 3. The molecule has 4 heteroatoms. The molecule has 0 spiro atoms. The highest BCUT2D eigenvalue weighted by Crippen LogP contribution is 2.38. The summed E-state index contributed by atoms with van der Waals surface area (Å²) in [5, 5.41) is 0.718. The molecule has 2 rings (SSSR count). The summed E-state index contributed by atoms with van der Waals surface area (Å²) in [5.41, 5.74) is 7.55. The van der Waals surface area contributed by atoms with Gasteiger partial charge in [0.05, 0.1) is 0 Å². The van der Waals surface area contributed by atoms with Crippen LogP contribution in [0, 0.1) is 0 Å². The van der Waals surface area contributed by atoms with Crippen LogP contribution in [0.5, 0.6) is 0 Å². The van der Waals surface area contributed by atoms with Crippen molar-refractivity contribution in [2.24, 2.45) is 5.73 Å². The zero-order chi connectivity index (χ0) is 13.2. The summed E-state index contributed by atoms with van der Waals surface area (Å²) in [6.07, 6.45) is 1.19. The molecule has 1 aliphatic heterocycles. The maximum Gasteiger partial charge on any atom is 0.0432 e. The number of rotatable bonds is 4. The number of likely N-dealkylation sites (N-methyl/N-ethyl adjacent to an activating group) is 1. The van der Waals surface area contributed by atoms with E-state index in [0.29, 0.717) is 0 Å². The van der Waals surface area contributed by atoms with Crippen LogP contribution in [0.2, 0.25) is 0 Å². The molecule has 0 amide bonds. The number of nitrogens with two attached hydrogens (primary N) is 1. The summed E-state index contributed by atoms with van der Waals surface area (Å²) in [5.74, 6) is 1.14. The fourth-order valence-electron chi connectivity index (χ4n) is 2.56. The van der Waals surface area contributed by atoms with Crippen molar-refractivity contribution < 1.29 is 0 Å². The lowest BCUT2D eigenvalue weighted by molar-refractivity contribution is 0.138. The largest absolute Gasteiger partial charge is 0.329 e. The van der Waals surface area contributed by atoms with Gasteiger partial charge in [-0.3, -0.25) is 4.90 Å². The number of halogens is 1. The van der Waals surface area contributed by atoms with E-state index in [0.717, 1.165) is 24.1 Å². The van der Waals surface area contributed by atoms with E-state index in [9.17, 15) is 0 Å². The molecule has 1 aliphatic rings. The molecular formula is C14H21BrN2S. The average molecular weight is 329 g/mol. The number of benzene rings is 1. The van der Waals surface area contributed by atoms with Gasteiger partial charge in [0.2, 0.25) is 0 Å². The van der Waals surface area contributed by atoms with Crippen LogP contribution in [0.4, 0.5) is 0 Å². The van der Waals surface area contributed by atoms with Gasteiger partial charge in [-0.25, -0.2) is 0 Å². The first kappa shape index (κ1) is 14.4. The SMILES string of the molecule is CC1CC(CN)(N(C)Cc2ccccc2Br)CS1. The van der Waals surface area contributed by atoms with Crippen molar-refractivity contribution in [3.05, 3.63) is 34.3 Å². The Morgan fingerprint density at radius 1 is 1.50 bits per heavy atom. The van der Waals surface area contributed by atoms with Crippen molar-refractivity contribution in [3.8, 4) is 0 Å². The van der Waals surface area contributed by atoms with Crippen LogP contribution >= 0.6 is 27.7 Å². The van der Waals surface area contributed by atoms with Crippen molar-refractivity contribution in [2.75, 3.05) is 19.3 Å². The highest BCUT2D eigenvalue weighted by atomic mass is 79.9. The molecule has 0 aliphatic carbocycles. The Bertz CT molecular complexity index is 413. The zero-order valence-corrected chi connectivity index (χ0v) is 13.4. The number of thioether (sulfide) groups is 1. The predicted octanol–water partition coefficient (Wildman–Crippen LogP) is 3.10. The molecule has 100 valence electrons. The normalized spacial score (nSPS) is 27.9. The van der Waals surface area contributed by atoms with E-state index >= 15 is 0 Å². The topological polar surface area (TPSA) is 29.3 Å². The van der Waals surface area contributed by atoms with Gasteiger partial charge < -0.3 is 5.73 Å². The number of hydrogen-bond donors (Lipinski definition) is 1. The fraction of sp³-hybridized carbons (Fsp3) is 0.571. The number of nitrogens with zero attached hydrogens (tertiary/aromatic N) is 1. The van der Waals surface area contributed by atoms with Gasteiger partial charge in [-0.1, -0.05) is 41.1 Å². The lowest BCUT2D eigenvalue weighted by atomic mass is 9.94. The van der Waals surface area contributed by atoms with Crippen molar-refractivity contribution >= 4 is 27.7 Å². The molecule has 2 atom stereocenters. The molecule has 0 radical (unpaired) electrons. The molecule has 1 heterocycles. The van der Waals surface area contributed by atoms with E-state index in [1.165, 1.54) is 16.5 Å². The van der Waals surface area contributed by atoms with Crippen LogP contribution in [-0.4, -0.2) is 35.0 Å². The first-order valence-corrected chi connectivity index (χ1v) is 8.18. The van der Waals surface area contributed by atoms with E-state index in [1.807, 2.05) is 11.8 Å². The molecule has 0 bridgehead atoms. The van der Waals surface area contributed by atoms with Gasteiger partial charge in [0.1, 0.15) is 0 Å². The molecule has 0 saturated carbocycles. The second-order valence-electron chi connectivity index (χ2n) is 5.20. The van der Waals surface area contributed by atoms with Crippen molar-refractivity contribution in [3.63, 3.8) is 0 Å². The van der Waals surface area contributed by atoms with Crippen LogP contribution in [0.15, 0.2) is 28.7 Å². The highest BCUT2D eigenvalue weighted by Gasteiger charge is 2.40. The van der Waals surface area contributed by atoms with Crippen LogP contribution in [0.3, 0.4) is 0 Å². The second kappa shape index (κ2) is 5.95. The standard InChI is InChI=1S/C14H21BrN2S/c1-11-7-14(9-16,10-18-11)17(2)8-12-5-3-4-6-13(12)15/h3-6,11H,7-10,16H2,1-2H3. The van der Waals surface area contributed by atoms with Gasteiger partial charge in [0, 0.05) is 34.1 Å². The first-order valence-electron chi connectivity index (χ1n) is 6.34. The molecule has 0 aromatic heterocycles. The third-order valence-electron chi connectivity index (χ3n) is 3.86. The minimum Gasteiger partial charge on any atom is -0.329 e. The minimum absolute atomic E-state index is 0.166. The van der Waals surface area contributed by atoms with E-state index in [-0.39, 0.29) is 5.54 Å². The summed E-state index contributed by atoms with van der Waals surface area (Å²) in [4.78, 5) is 2.43. The maximum atomic E-state index is 6.06. The third-order valence-corrected chi connectivity index (χ3v) is 6.07. The molecule has 1 aromatic carbocycles. The molecule has 2 unspecified atom stereocenters. The Hall–Kier alpha value is -0.0300. The lowest BCUT2D eigenvalue weighted by Crippen LogP contribution is -2.52. The Labute approximate surface area is 122 Å². The summed E-state index contributed by atoms with van der Waals surface area (Å²) >= 11 is 5.66. The summed E-state index contributed by atoms with van der Waals surface area (Å²) < 4.78 is 1.18. The Morgan fingerprint density at radius 3 is 2.78 bits per heavy atom. The van der Waals surface area contributed by atoms with Gasteiger partial charge >= 0.3 is 0 Å². The van der Waals surface area contributed by atoms with Crippen molar-refractivity contribution in [1.82, 2.24) is 4.90 Å². The van der Waals surface area contributed by atoms with Gasteiger partial charge in [0.25, 0.3) is 0 Å². The summed E-state index contributed by atoms with van der Waals surface area (Å²) in [6, 6.07) is 8.43. The Balaban J connectivity index is 2.11. The molecule has 1 saturated heterocycles. The predicted molar refractivity (Wildman–Crippen MR) is 83.9 cm³/mol. The van der Waals surface area contributed by atoms with Crippen LogP contribution in [-0.2, 0) is 6.54 Å². The van der Waals surface area contributed by atoms with Gasteiger partial charge in [-0.2, -0.15) is 11.8 Å². The van der Waals surface area contributed by atoms with Gasteiger partial charge in [0.15, 0.2) is 0 Å². The fourth-order valence-corrected chi connectivity index (χ4v) is 4.45. The quantitative estimate of drug-likeness (QED) is 0.920. The van der Waals surface area contributed by atoms with Crippen LogP contribution < -0.4 is 5.73 Å². The lowest BCUT2D eigenvalue weighted by Gasteiger charge is -2.37. The smallest absolute Gasteiger partial charge is 0.0432 e. The van der Waals surface area contributed by atoms with Crippen molar-refractivity contribution in [1.29, 1.82) is 0 Å². The molecule has 1 fully saturated rings. The zero-order valence-electron chi connectivity index (χ0n) is 11.0. The molecule has 2 nitrogen and oxygen atoms in total. The molecule has 2 N–H and O–H groups in total. The van der Waals surface area contributed by atoms with E-state index in [2.05, 4.69) is 59.1 Å². The summed E-state index contributed by atoms with van der Waals surface area (Å²) in [6.45, 7) is 3.99. The Morgan fingerprint density at radius 2 is 2.22 bits per heavy atom. The van der Waals surface area contributed by atoms with E-state index in [1.54, 1.807) is 0 Å². The first-order chi connectivity index (χ1) is 8.57. The monoisotopic (exact) mass is 328 g/mol. The molecule has 1 aromatic rings. The van der Waals surface area contributed by atoms with Gasteiger partial charge in [-0.15, -0.1) is 0 Å². The summed E-state index contributed by atoms with van der Waals surface area (Å²) in [7, 11) is 2.20. The van der Waals surface area contributed by atoms with Crippen LogP contribution in [0.1, 0.15) is 18.9 Å². The van der Waals surface area contributed by atoms with E-state index in [4.69, 9.17) is 5.73 Å². The molecule has 18 heavy (non-hydrogen) atoms. The van der Waals surface area contributed by atoms with E-state index < -0.39 is 0 Å². The third kappa shape index (κ3) is 2.93. The van der Waals surface area contributed by atoms with Gasteiger partial charge in [-0.05, 0) is 25.1 Å². The van der Waals surface area contributed by atoms with Crippen molar-refractivity contribution in [2.45, 2.75) is 30.7 Å². The minimum atomic E-state index is 0.166.